The normalized spacial score (nSPS) is 12.1. The smallest absolute Gasteiger partial charge is 0.335 e. The number of fused-ring (bicyclic) bond motifs is 1. The summed E-state index contributed by atoms with van der Waals surface area (Å²) in [6.45, 7) is 6.14. The topological polar surface area (TPSA) is 68.5 Å². The molecule has 2 aromatic carbocycles. The van der Waals surface area contributed by atoms with Crippen LogP contribution in [0.15, 0.2) is 36.4 Å². The maximum atomic E-state index is 11.3. The van der Waals surface area contributed by atoms with Gasteiger partial charge in [0.2, 0.25) is 0 Å². The number of rotatable bonds is 6. The highest BCUT2D eigenvalue weighted by molar-refractivity contribution is 6.32. The number of aldehydes is 1. The number of hydrogen-bond donors (Lipinski definition) is 1. The fourth-order valence-corrected chi connectivity index (χ4v) is 3.38. The lowest BCUT2D eigenvalue weighted by Gasteiger charge is -2.15. The van der Waals surface area contributed by atoms with Gasteiger partial charge in [0.1, 0.15) is 5.75 Å². The number of benzene rings is 2. The van der Waals surface area contributed by atoms with Crippen molar-refractivity contribution in [3.05, 3.63) is 63.8 Å². The number of carbonyl (C=O) groups excluding carboxylic acids is 1. The van der Waals surface area contributed by atoms with Gasteiger partial charge in [0.15, 0.2) is 12.4 Å². The summed E-state index contributed by atoms with van der Waals surface area (Å²) < 4.78 is 7.66. The predicted octanol–water partition coefficient (Wildman–Crippen LogP) is 4.62. The Bertz CT molecular complexity index is 1040. The van der Waals surface area contributed by atoms with Crippen molar-refractivity contribution in [3.8, 4) is 5.75 Å². The van der Waals surface area contributed by atoms with Crippen molar-refractivity contribution in [2.24, 2.45) is 0 Å². The van der Waals surface area contributed by atoms with Crippen LogP contribution >= 0.6 is 11.6 Å². The third-order valence-electron chi connectivity index (χ3n) is 4.76. The first-order chi connectivity index (χ1) is 12.8. The lowest BCUT2D eigenvalue weighted by Crippen LogP contribution is -2.13. The molecule has 0 radical (unpaired) electrons. The molecule has 1 aromatic heterocycles. The molecule has 0 unspecified atom stereocenters. The summed E-state index contributed by atoms with van der Waals surface area (Å²) in [5.74, 6) is -0.480. The molecule has 0 saturated carbocycles. The molecule has 3 aromatic rings. The fourth-order valence-electron chi connectivity index (χ4n) is 3.15. The lowest BCUT2D eigenvalue weighted by molar-refractivity contribution is -0.113. The van der Waals surface area contributed by atoms with E-state index in [0.29, 0.717) is 17.3 Å². The maximum absolute atomic E-state index is 11.3. The van der Waals surface area contributed by atoms with Crippen molar-refractivity contribution >= 4 is 34.8 Å². The van der Waals surface area contributed by atoms with E-state index in [1.54, 1.807) is 25.1 Å². The summed E-state index contributed by atoms with van der Waals surface area (Å²) in [5.41, 5.74) is 4.13. The molecule has 0 spiro atoms. The average Bonchev–Trinajstić information content (AvgIpc) is 2.89. The Kier molecular flexibility index (Phi) is 5.24. The number of aromatic carboxylic acids is 1. The number of nitrogens with zero attached hydrogens (tertiary/aromatic N) is 1. The lowest BCUT2D eigenvalue weighted by atomic mass is 10.1. The van der Waals surface area contributed by atoms with Crippen LogP contribution in [0.4, 0.5) is 0 Å². The van der Waals surface area contributed by atoms with Crippen LogP contribution in [0.3, 0.4) is 0 Å². The molecule has 5 nitrogen and oxygen atoms in total. The maximum Gasteiger partial charge on any atom is 0.335 e. The Morgan fingerprint density at radius 1 is 1.30 bits per heavy atom. The zero-order chi connectivity index (χ0) is 19.7. The van der Waals surface area contributed by atoms with Crippen molar-refractivity contribution in [2.75, 3.05) is 0 Å². The molecular weight excluding hydrogens is 366 g/mol. The highest BCUT2D eigenvalue weighted by atomic mass is 35.5. The number of carboxylic acids is 1. The Labute approximate surface area is 162 Å². The van der Waals surface area contributed by atoms with Crippen LogP contribution in [-0.4, -0.2) is 28.0 Å². The monoisotopic (exact) mass is 385 g/mol. The van der Waals surface area contributed by atoms with Gasteiger partial charge in [0.05, 0.1) is 10.6 Å². The molecule has 1 atom stereocenters. The second-order valence-corrected chi connectivity index (χ2v) is 6.90. The second-order valence-electron chi connectivity index (χ2n) is 6.52. The molecule has 0 aliphatic heterocycles. The SMILES string of the molecule is Cc1c(C)n(Cc2cccc(O[C@H](C)C=O)c2Cl)c2ccc(C(=O)O)cc12. The minimum atomic E-state index is -0.945. The number of aryl methyl sites for hydroxylation is 1. The first kappa shape index (κ1) is 19.0. The predicted molar refractivity (Wildman–Crippen MR) is 105 cm³/mol. The Morgan fingerprint density at radius 3 is 2.70 bits per heavy atom. The molecule has 27 heavy (non-hydrogen) atoms. The van der Waals surface area contributed by atoms with Gasteiger partial charge in [-0.25, -0.2) is 4.79 Å². The van der Waals surface area contributed by atoms with E-state index in [0.717, 1.165) is 34.0 Å². The van der Waals surface area contributed by atoms with E-state index in [4.69, 9.17) is 16.3 Å². The van der Waals surface area contributed by atoms with E-state index in [1.165, 1.54) is 0 Å². The Morgan fingerprint density at radius 2 is 2.04 bits per heavy atom. The highest BCUT2D eigenvalue weighted by Crippen LogP contribution is 2.32. The van der Waals surface area contributed by atoms with Gasteiger partial charge in [-0.2, -0.15) is 0 Å². The third-order valence-corrected chi connectivity index (χ3v) is 5.19. The van der Waals surface area contributed by atoms with Gasteiger partial charge < -0.3 is 14.4 Å². The van der Waals surface area contributed by atoms with E-state index in [-0.39, 0.29) is 5.56 Å². The van der Waals surface area contributed by atoms with E-state index in [9.17, 15) is 14.7 Å². The minimum Gasteiger partial charge on any atom is -0.482 e. The van der Waals surface area contributed by atoms with Gasteiger partial charge in [-0.1, -0.05) is 23.7 Å². The zero-order valence-corrected chi connectivity index (χ0v) is 16.1. The summed E-state index contributed by atoms with van der Waals surface area (Å²) >= 11 is 6.50. The molecule has 0 fully saturated rings. The second kappa shape index (κ2) is 7.45. The van der Waals surface area contributed by atoms with E-state index in [2.05, 4.69) is 4.57 Å². The molecule has 0 aliphatic rings. The summed E-state index contributed by atoms with van der Waals surface area (Å²) in [4.78, 5) is 22.1. The van der Waals surface area contributed by atoms with E-state index >= 15 is 0 Å². The molecule has 0 bridgehead atoms. The molecule has 0 aliphatic carbocycles. The number of ether oxygens (including phenoxy) is 1. The quantitative estimate of drug-likeness (QED) is 0.628. The van der Waals surface area contributed by atoms with Gasteiger partial charge in [0, 0.05) is 23.1 Å². The third kappa shape index (κ3) is 3.55. The number of aromatic nitrogens is 1. The summed E-state index contributed by atoms with van der Waals surface area (Å²) in [6, 6.07) is 10.6. The van der Waals surface area contributed by atoms with Crippen molar-refractivity contribution < 1.29 is 19.4 Å². The van der Waals surface area contributed by atoms with Crippen LogP contribution in [-0.2, 0) is 11.3 Å². The highest BCUT2D eigenvalue weighted by Gasteiger charge is 2.16. The van der Waals surface area contributed by atoms with Crippen LogP contribution in [0.2, 0.25) is 5.02 Å². The first-order valence-corrected chi connectivity index (χ1v) is 8.93. The fraction of sp³-hybridized carbons (Fsp3) is 0.238. The molecule has 0 amide bonds. The number of carboxylic acid groups (broad SMARTS) is 1. The zero-order valence-electron chi connectivity index (χ0n) is 15.3. The Hall–Kier alpha value is -2.79. The molecule has 3 rings (SSSR count). The molecule has 1 N–H and O–H groups in total. The number of halogens is 1. The summed E-state index contributed by atoms with van der Waals surface area (Å²) in [7, 11) is 0. The molecule has 0 saturated heterocycles. The summed E-state index contributed by atoms with van der Waals surface area (Å²) in [5, 5.41) is 10.6. The number of hydrogen-bond acceptors (Lipinski definition) is 3. The van der Waals surface area contributed by atoms with Crippen molar-refractivity contribution in [1.29, 1.82) is 0 Å². The van der Waals surface area contributed by atoms with Crippen LogP contribution < -0.4 is 4.74 Å². The van der Waals surface area contributed by atoms with Crippen molar-refractivity contribution in [2.45, 2.75) is 33.4 Å². The van der Waals surface area contributed by atoms with Crippen LogP contribution in [0, 0.1) is 13.8 Å². The largest absolute Gasteiger partial charge is 0.482 e. The van der Waals surface area contributed by atoms with Gasteiger partial charge in [-0.05, 0) is 56.2 Å². The molecular formula is C21H20ClNO4. The molecule has 1 heterocycles. The summed E-state index contributed by atoms with van der Waals surface area (Å²) in [6.07, 6.45) is 0.138. The van der Waals surface area contributed by atoms with E-state index < -0.39 is 12.1 Å². The van der Waals surface area contributed by atoms with Crippen molar-refractivity contribution in [1.82, 2.24) is 4.57 Å². The average molecular weight is 386 g/mol. The van der Waals surface area contributed by atoms with Crippen molar-refractivity contribution in [3.63, 3.8) is 0 Å². The minimum absolute atomic E-state index is 0.263. The van der Waals surface area contributed by atoms with Gasteiger partial charge in [-0.3, -0.25) is 4.79 Å². The number of carbonyl (C=O) groups is 2. The molecule has 6 heteroatoms. The van der Waals surface area contributed by atoms with Gasteiger partial charge >= 0.3 is 5.97 Å². The molecule has 140 valence electrons. The standard InChI is InChI=1S/C21H20ClNO4/c1-12(11-24)27-19-6-4-5-16(20(19)22)10-23-14(3)13(2)17-9-15(21(25)26)7-8-18(17)23/h4-9,11-12H,10H2,1-3H3,(H,25,26)/t12-/m1/s1. The van der Waals surface area contributed by atoms with Crippen LogP contribution in [0.5, 0.6) is 5.75 Å². The first-order valence-electron chi connectivity index (χ1n) is 8.55. The van der Waals surface area contributed by atoms with E-state index in [1.807, 2.05) is 32.0 Å². The van der Waals surface area contributed by atoms with Crippen LogP contribution in [0.25, 0.3) is 10.9 Å². The van der Waals surface area contributed by atoms with Gasteiger partial charge in [-0.15, -0.1) is 0 Å². The van der Waals surface area contributed by atoms with Gasteiger partial charge in [0.25, 0.3) is 0 Å². The van der Waals surface area contributed by atoms with Crippen LogP contribution in [0.1, 0.15) is 34.1 Å². The Balaban J connectivity index is 2.05.